The van der Waals surface area contributed by atoms with E-state index < -0.39 is 0 Å². The molecule has 17 heavy (non-hydrogen) atoms. The highest BCUT2D eigenvalue weighted by Crippen LogP contribution is 2.21. The van der Waals surface area contributed by atoms with Crippen LogP contribution < -0.4 is 10.2 Å². The lowest BCUT2D eigenvalue weighted by Crippen LogP contribution is -2.29. The highest BCUT2D eigenvalue weighted by Gasteiger charge is 2.22. The normalized spacial score (nSPS) is 20.4. The number of fused-ring (bicyclic) bond motifs is 1. The van der Waals surface area contributed by atoms with Crippen LogP contribution in [0, 0.1) is 0 Å². The molecule has 0 amide bonds. The molecule has 3 rings (SSSR count). The van der Waals surface area contributed by atoms with E-state index in [0.29, 0.717) is 6.04 Å². The molecule has 1 unspecified atom stereocenters. The molecule has 1 fully saturated rings. The summed E-state index contributed by atoms with van der Waals surface area (Å²) in [5.41, 5.74) is 0.871. The first-order valence-electron chi connectivity index (χ1n) is 5.70. The average molecular weight is 296 g/mol. The first-order valence-corrected chi connectivity index (χ1v) is 6.49. The van der Waals surface area contributed by atoms with Crippen molar-refractivity contribution in [2.75, 3.05) is 25.0 Å². The van der Waals surface area contributed by atoms with Gasteiger partial charge in [-0.3, -0.25) is 0 Å². The molecule has 0 radical (unpaired) electrons. The number of hydrogen-bond donors (Lipinski definition) is 1. The van der Waals surface area contributed by atoms with Crippen molar-refractivity contribution in [3.8, 4) is 0 Å². The van der Waals surface area contributed by atoms with Crippen LogP contribution in [0.2, 0.25) is 0 Å². The van der Waals surface area contributed by atoms with E-state index in [4.69, 9.17) is 0 Å². The Kier molecular flexibility index (Phi) is 2.76. The fourth-order valence-corrected chi connectivity index (χ4v) is 2.57. The summed E-state index contributed by atoms with van der Waals surface area (Å²) in [6.45, 7) is 2.08. The Morgan fingerprint density at radius 1 is 1.53 bits per heavy atom. The predicted molar refractivity (Wildman–Crippen MR) is 70.4 cm³/mol. The van der Waals surface area contributed by atoms with Gasteiger partial charge >= 0.3 is 0 Å². The molecule has 1 N–H and O–H groups in total. The van der Waals surface area contributed by atoms with E-state index in [1.807, 2.05) is 19.3 Å². The van der Waals surface area contributed by atoms with E-state index in [-0.39, 0.29) is 0 Å². The molecule has 2 aromatic heterocycles. The summed E-state index contributed by atoms with van der Waals surface area (Å²) in [4.78, 5) is 6.94. The Morgan fingerprint density at radius 2 is 2.41 bits per heavy atom. The molecule has 2 aromatic rings. The Balaban J connectivity index is 1.93. The third-order valence-corrected chi connectivity index (χ3v) is 3.79. The van der Waals surface area contributed by atoms with E-state index in [2.05, 4.69) is 36.2 Å². The second kappa shape index (κ2) is 4.27. The molecule has 0 aromatic carbocycles. The summed E-state index contributed by atoms with van der Waals surface area (Å²) in [7, 11) is 2.01. The largest absolute Gasteiger partial charge is 0.355 e. The number of nitrogens with zero attached hydrogens (tertiary/aromatic N) is 4. The van der Waals surface area contributed by atoms with Crippen LogP contribution in [0.3, 0.4) is 0 Å². The van der Waals surface area contributed by atoms with Crippen molar-refractivity contribution in [2.24, 2.45) is 0 Å². The van der Waals surface area contributed by atoms with Gasteiger partial charge < -0.3 is 10.2 Å². The van der Waals surface area contributed by atoms with Crippen molar-refractivity contribution in [2.45, 2.75) is 12.5 Å². The maximum absolute atomic E-state index is 4.64. The monoisotopic (exact) mass is 295 g/mol. The Labute approximate surface area is 108 Å². The van der Waals surface area contributed by atoms with Crippen LogP contribution in [-0.2, 0) is 0 Å². The smallest absolute Gasteiger partial charge is 0.171 e. The van der Waals surface area contributed by atoms with E-state index >= 15 is 0 Å². The van der Waals surface area contributed by atoms with Crippen LogP contribution in [0.1, 0.15) is 6.42 Å². The summed E-state index contributed by atoms with van der Waals surface area (Å²) >= 11 is 3.46. The molecular weight excluding hydrogens is 282 g/mol. The zero-order chi connectivity index (χ0) is 11.8. The quantitative estimate of drug-likeness (QED) is 0.907. The van der Waals surface area contributed by atoms with Gasteiger partial charge in [-0.05, 0) is 35.5 Å². The lowest BCUT2D eigenvalue weighted by Gasteiger charge is -2.17. The number of rotatable bonds is 2. The Bertz CT molecular complexity index is 538. The molecule has 0 spiro atoms. The molecule has 0 saturated carbocycles. The van der Waals surface area contributed by atoms with Gasteiger partial charge in [-0.25, -0.2) is 9.50 Å². The highest BCUT2D eigenvalue weighted by atomic mass is 79.9. The number of likely N-dealkylation sites (N-methyl/N-ethyl adjacent to an activating group) is 1. The minimum absolute atomic E-state index is 0.571. The molecular formula is C11H14BrN5. The van der Waals surface area contributed by atoms with Gasteiger partial charge in [0.25, 0.3) is 0 Å². The van der Waals surface area contributed by atoms with E-state index in [9.17, 15) is 0 Å². The number of nitrogens with one attached hydrogen (secondary N) is 1. The summed E-state index contributed by atoms with van der Waals surface area (Å²) in [5, 5.41) is 7.50. The summed E-state index contributed by atoms with van der Waals surface area (Å²) < 4.78 is 2.71. The summed E-state index contributed by atoms with van der Waals surface area (Å²) in [5.74, 6) is 1.02. The van der Waals surface area contributed by atoms with Crippen molar-refractivity contribution in [1.82, 2.24) is 19.9 Å². The lowest BCUT2D eigenvalue weighted by atomic mass is 10.3. The SMILES string of the molecule is CNC1CCN(c2ccn3ncc(Br)c3n2)C1. The zero-order valence-corrected chi connectivity index (χ0v) is 11.2. The van der Waals surface area contributed by atoms with Gasteiger partial charge in [0.1, 0.15) is 5.82 Å². The van der Waals surface area contributed by atoms with Crippen LogP contribution in [-0.4, -0.2) is 40.8 Å². The molecule has 0 aliphatic carbocycles. The van der Waals surface area contributed by atoms with Crippen LogP contribution >= 0.6 is 15.9 Å². The van der Waals surface area contributed by atoms with Gasteiger partial charge in [-0.1, -0.05) is 0 Å². The van der Waals surface area contributed by atoms with Crippen molar-refractivity contribution in [1.29, 1.82) is 0 Å². The molecule has 6 heteroatoms. The van der Waals surface area contributed by atoms with Crippen molar-refractivity contribution < 1.29 is 0 Å². The third kappa shape index (κ3) is 1.91. The molecule has 1 aliphatic heterocycles. The Hall–Kier alpha value is -1.14. The zero-order valence-electron chi connectivity index (χ0n) is 9.60. The van der Waals surface area contributed by atoms with Gasteiger partial charge in [0.15, 0.2) is 5.65 Å². The molecule has 90 valence electrons. The van der Waals surface area contributed by atoms with Gasteiger partial charge in [0.2, 0.25) is 0 Å². The summed E-state index contributed by atoms with van der Waals surface area (Å²) in [6.07, 6.45) is 4.89. The highest BCUT2D eigenvalue weighted by molar-refractivity contribution is 9.10. The van der Waals surface area contributed by atoms with E-state index in [1.165, 1.54) is 6.42 Å². The minimum Gasteiger partial charge on any atom is -0.355 e. The van der Waals surface area contributed by atoms with Crippen LogP contribution in [0.15, 0.2) is 22.9 Å². The molecule has 1 atom stereocenters. The number of anilines is 1. The Morgan fingerprint density at radius 3 is 3.18 bits per heavy atom. The molecule has 1 aliphatic rings. The standard InChI is InChI=1S/C11H14BrN5/c1-13-8-2-4-16(7-8)10-3-5-17-11(15-10)9(12)6-14-17/h3,5-6,8,13H,2,4,7H2,1H3. The maximum atomic E-state index is 4.64. The lowest BCUT2D eigenvalue weighted by molar-refractivity contribution is 0.616. The molecule has 1 saturated heterocycles. The topological polar surface area (TPSA) is 45.5 Å². The van der Waals surface area contributed by atoms with Gasteiger partial charge in [-0.2, -0.15) is 5.10 Å². The first-order chi connectivity index (χ1) is 8.28. The number of halogens is 1. The van der Waals surface area contributed by atoms with Crippen molar-refractivity contribution in [3.63, 3.8) is 0 Å². The van der Waals surface area contributed by atoms with Crippen LogP contribution in [0.5, 0.6) is 0 Å². The molecule has 0 bridgehead atoms. The predicted octanol–water partition coefficient (Wildman–Crippen LogP) is 1.29. The van der Waals surface area contributed by atoms with Crippen molar-refractivity contribution in [3.05, 3.63) is 22.9 Å². The van der Waals surface area contributed by atoms with Crippen LogP contribution in [0.4, 0.5) is 5.82 Å². The second-order valence-corrected chi connectivity index (χ2v) is 5.12. The fraction of sp³-hybridized carbons (Fsp3) is 0.455. The van der Waals surface area contributed by atoms with E-state index in [0.717, 1.165) is 29.0 Å². The van der Waals surface area contributed by atoms with Crippen LogP contribution in [0.25, 0.3) is 5.65 Å². The number of aromatic nitrogens is 3. The van der Waals surface area contributed by atoms with E-state index in [1.54, 1.807) is 10.7 Å². The second-order valence-electron chi connectivity index (χ2n) is 4.27. The minimum atomic E-state index is 0.571. The van der Waals surface area contributed by atoms with Gasteiger partial charge in [-0.15, -0.1) is 0 Å². The molecule has 5 nitrogen and oxygen atoms in total. The van der Waals surface area contributed by atoms with Gasteiger partial charge in [0.05, 0.1) is 10.7 Å². The van der Waals surface area contributed by atoms with Gasteiger partial charge in [0, 0.05) is 25.3 Å². The third-order valence-electron chi connectivity index (χ3n) is 3.23. The maximum Gasteiger partial charge on any atom is 0.171 e. The fourth-order valence-electron chi connectivity index (χ4n) is 2.21. The summed E-state index contributed by atoms with van der Waals surface area (Å²) in [6, 6.07) is 2.59. The average Bonchev–Trinajstić information content (AvgIpc) is 2.96. The molecule has 3 heterocycles. The number of hydrogen-bond acceptors (Lipinski definition) is 4. The van der Waals surface area contributed by atoms with Crippen molar-refractivity contribution >= 4 is 27.4 Å². The first kappa shape index (κ1) is 11.0.